The smallest absolute Gasteiger partial charge is 0.475 e. The number of amides is 1. The third-order valence-corrected chi connectivity index (χ3v) is 6.02. The number of aliphatic carboxylic acids is 1. The van der Waals surface area contributed by atoms with E-state index in [4.69, 9.17) is 21.5 Å². The fourth-order valence-corrected chi connectivity index (χ4v) is 4.40. The number of carboxylic acid groups (broad SMARTS) is 1. The molecule has 1 aromatic heterocycles. The van der Waals surface area contributed by atoms with Crippen LogP contribution in [0.4, 0.5) is 18.9 Å². The number of anilines is 1. The predicted molar refractivity (Wildman–Crippen MR) is 127 cm³/mol. The summed E-state index contributed by atoms with van der Waals surface area (Å²) in [6.45, 7) is 3.44. The summed E-state index contributed by atoms with van der Waals surface area (Å²) in [4.78, 5) is 27.9. The first-order valence-electron chi connectivity index (χ1n) is 10.1. The van der Waals surface area contributed by atoms with Gasteiger partial charge in [0.2, 0.25) is 0 Å². The van der Waals surface area contributed by atoms with E-state index >= 15 is 0 Å². The Bertz CT molecular complexity index is 1220. The van der Waals surface area contributed by atoms with Crippen LogP contribution >= 0.6 is 27.5 Å². The molecule has 2 aromatic carbocycles. The van der Waals surface area contributed by atoms with Gasteiger partial charge < -0.3 is 15.3 Å². The second-order valence-corrected chi connectivity index (χ2v) is 8.99. The maximum Gasteiger partial charge on any atom is 0.490 e. The molecule has 0 aliphatic carbocycles. The van der Waals surface area contributed by atoms with Crippen LogP contribution < -0.4 is 5.32 Å². The van der Waals surface area contributed by atoms with Crippen molar-refractivity contribution in [3.63, 3.8) is 0 Å². The molecule has 0 radical (unpaired) electrons. The number of likely N-dealkylation sites (tertiary alicyclic amines) is 1. The molecule has 0 saturated carbocycles. The minimum Gasteiger partial charge on any atom is -0.475 e. The standard InChI is InChI=1S/C21H19BrClN3O.C2HF3O2/c1-13-10-24-11-14-3-2-4-19(20(13)14)25-16-7-8-26(12-16)21(27)17-6-5-15(22)9-18(17)23;3-2(4,5)1(6)7/h2-6,9-11,16,25H,7-8,12H2,1H3;(H,6,7). The van der Waals surface area contributed by atoms with Crippen LogP contribution in [0.25, 0.3) is 10.8 Å². The Kier molecular flexibility index (Phi) is 8.04. The Hall–Kier alpha value is -2.85. The highest BCUT2D eigenvalue weighted by atomic mass is 79.9. The first-order chi connectivity index (χ1) is 16.0. The van der Waals surface area contributed by atoms with Crippen LogP contribution in [0.15, 0.2) is 53.3 Å². The minimum absolute atomic E-state index is 0.0184. The van der Waals surface area contributed by atoms with Gasteiger partial charge in [-0.3, -0.25) is 9.78 Å². The first kappa shape index (κ1) is 25.8. The summed E-state index contributed by atoms with van der Waals surface area (Å²) in [5.74, 6) is -2.78. The molecule has 1 saturated heterocycles. The average molecular weight is 559 g/mol. The Labute approximate surface area is 206 Å². The molecule has 0 bridgehead atoms. The van der Waals surface area contributed by atoms with Gasteiger partial charge in [0.25, 0.3) is 5.91 Å². The van der Waals surface area contributed by atoms with Crippen molar-refractivity contribution in [3.8, 4) is 0 Å². The zero-order valence-corrected chi connectivity index (χ0v) is 20.2. The predicted octanol–water partition coefficient (Wildman–Crippen LogP) is 5.92. The molecule has 1 amide bonds. The number of rotatable bonds is 3. The van der Waals surface area contributed by atoms with Gasteiger partial charge in [-0.25, -0.2) is 4.79 Å². The van der Waals surface area contributed by atoms with Crippen molar-refractivity contribution >= 4 is 55.9 Å². The average Bonchev–Trinajstić information content (AvgIpc) is 3.22. The van der Waals surface area contributed by atoms with E-state index < -0.39 is 12.1 Å². The number of benzene rings is 2. The SMILES string of the molecule is Cc1cncc2cccc(NC3CCN(C(=O)c4ccc(Br)cc4Cl)C3)c12.O=C(O)C(F)(F)F. The van der Waals surface area contributed by atoms with Crippen LogP contribution in [-0.2, 0) is 4.79 Å². The molecule has 1 fully saturated rings. The number of fused-ring (bicyclic) bond motifs is 1. The van der Waals surface area contributed by atoms with Gasteiger partial charge in [0, 0.05) is 52.5 Å². The zero-order chi connectivity index (χ0) is 25.0. The Morgan fingerprint density at radius 2 is 1.94 bits per heavy atom. The van der Waals surface area contributed by atoms with Crippen molar-refractivity contribution in [3.05, 3.63) is 69.4 Å². The van der Waals surface area contributed by atoms with Crippen molar-refractivity contribution in [2.75, 3.05) is 18.4 Å². The number of carbonyl (C=O) groups is 2. The van der Waals surface area contributed by atoms with Gasteiger partial charge >= 0.3 is 12.1 Å². The van der Waals surface area contributed by atoms with Crippen molar-refractivity contribution < 1.29 is 27.9 Å². The number of alkyl halides is 3. The quantitative estimate of drug-likeness (QED) is 0.417. The highest BCUT2D eigenvalue weighted by Gasteiger charge is 2.38. The second-order valence-electron chi connectivity index (χ2n) is 7.67. The van der Waals surface area contributed by atoms with Crippen LogP contribution in [0.5, 0.6) is 0 Å². The van der Waals surface area contributed by atoms with Crippen molar-refractivity contribution in [2.45, 2.75) is 25.6 Å². The summed E-state index contributed by atoms with van der Waals surface area (Å²) < 4.78 is 32.6. The molecule has 180 valence electrons. The molecular weight excluding hydrogens is 539 g/mol. The topological polar surface area (TPSA) is 82.5 Å². The first-order valence-corrected chi connectivity index (χ1v) is 11.3. The molecule has 1 unspecified atom stereocenters. The number of nitrogens with zero attached hydrogens (tertiary/aromatic N) is 2. The normalized spacial score (nSPS) is 15.6. The van der Waals surface area contributed by atoms with Crippen molar-refractivity contribution in [2.24, 2.45) is 0 Å². The lowest BCUT2D eigenvalue weighted by molar-refractivity contribution is -0.192. The minimum atomic E-state index is -5.08. The number of pyridine rings is 1. The van der Waals surface area contributed by atoms with E-state index in [0.717, 1.165) is 27.5 Å². The van der Waals surface area contributed by atoms with E-state index in [1.807, 2.05) is 29.4 Å². The number of aryl methyl sites for hydroxylation is 1. The summed E-state index contributed by atoms with van der Waals surface area (Å²) in [6, 6.07) is 11.8. The maximum atomic E-state index is 12.8. The summed E-state index contributed by atoms with van der Waals surface area (Å²) in [7, 11) is 0. The van der Waals surface area contributed by atoms with Gasteiger partial charge in [-0.05, 0) is 43.2 Å². The van der Waals surface area contributed by atoms with Gasteiger partial charge in [0.05, 0.1) is 10.6 Å². The van der Waals surface area contributed by atoms with Crippen LogP contribution in [-0.4, -0.2) is 52.2 Å². The Balaban J connectivity index is 0.000000406. The lowest BCUT2D eigenvalue weighted by atomic mass is 10.1. The van der Waals surface area contributed by atoms with Gasteiger partial charge in [-0.15, -0.1) is 0 Å². The van der Waals surface area contributed by atoms with E-state index in [0.29, 0.717) is 23.7 Å². The lowest BCUT2D eigenvalue weighted by Crippen LogP contribution is -2.31. The third kappa shape index (κ3) is 6.18. The maximum absolute atomic E-state index is 12.8. The largest absolute Gasteiger partial charge is 0.490 e. The fraction of sp³-hybridized carbons (Fsp3) is 0.261. The van der Waals surface area contributed by atoms with E-state index in [9.17, 15) is 18.0 Å². The molecule has 6 nitrogen and oxygen atoms in total. The molecule has 1 aliphatic heterocycles. The summed E-state index contributed by atoms with van der Waals surface area (Å²) >= 11 is 9.63. The molecule has 2 N–H and O–H groups in total. The summed E-state index contributed by atoms with van der Waals surface area (Å²) in [6.07, 6.45) is -0.415. The van der Waals surface area contributed by atoms with Crippen LogP contribution in [0.2, 0.25) is 5.02 Å². The molecule has 1 atom stereocenters. The molecule has 0 spiro atoms. The molecule has 4 rings (SSSR count). The monoisotopic (exact) mass is 557 g/mol. The number of halogens is 5. The Morgan fingerprint density at radius 3 is 2.59 bits per heavy atom. The lowest BCUT2D eigenvalue weighted by Gasteiger charge is -2.19. The van der Waals surface area contributed by atoms with Crippen molar-refractivity contribution in [1.29, 1.82) is 0 Å². The molecule has 34 heavy (non-hydrogen) atoms. The Morgan fingerprint density at radius 1 is 1.24 bits per heavy atom. The molecule has 2 heterocycles. The molecule has 3 aromatic rings. The second kappa shape index (κ2) is 10.6. The van der Waals surface area contributed by atoms with Gasteiger partial charge in [0.15, 0.2) is 0 Å². The van der Waals surface area contributed by atoms with E-state index in [2.05, 4.69) is 45.3 Å². The summed E-state index contributed by atoms with van der Waals surface area (Å²) in [5, 5.41) is 13.5. The number of carboxylic acids is 1. The number of hydrogen-bond acceptors (Lipinski definition) is 4. The highest BCUT2D eigenvalue weighted by Crippen LogP contribution is 2.29. The number of hydrogen-bond donors (Lipinski definition) is 2. The summed E-state index contributed by atoms with van der Waals surface area (Å²) in [5.41, 5.74) is 2.78. The van der Waals surface area contributed by atoms with Gasteiger partial charge in [-0.1, -0.05) is 39.7 Å². The third-order valence-electron chi connectivity index (χ3n) is 5.21. The van der Waals surface area contributed by atoms with Crippen LogP contribution in [0, 0.1) is 6.92 Å². The molecule has 11 heteroatoms. The van der Waals surface area contributed by atoms with E-state index in [-0.39, 0.29) is 11.9 Å². The highest BCUT2D eigenvalue weighted by molar-refractivity contribution is 9.10. The number of carbonyl (C=O) groups excluding carboxylic acids is 1. The van der Waals surface area contributed by atoms with Gasteiger partial charge in [-0.2, -0.15) is 13.2 Å². The van der Waals surface area contributed by atoms with Crippen molar-refractivity contribution in [1.82, 2.24) is 9.88 Å². The molecular formula is C23H20BrClF3N3O3. The number of aromatic nitrogens is 1. The van der Waals surface area contributed by atoms with Crippen LogP contribution in [0.3, 0.4) is 0 Å². The van der Waals surface area contributed by atoms with E-state index in [1.165, 1.54) is 5.39 Å². The van der Waals surface area contributed by atoms with E-state index in [1.54, 1.807) is 12.1 Å². The van der Waals surface area contributed by atoms with Crippen LogP contribution in [0.1, 0.15) is 22.3 Å². The molecule has 1 aliphatic rings. The number of nitrogens with one attached hydrogen (secondary N) is 1. The zero-order valence-electron chi connectivity index (χ0n) is 17.9. The fourth-order valence-electron chi connectivity index (χ4n) is 3.65. The van der Waals surface area contributed by atoms with Gasteiger partial charge in [0.1, 0.15) is 0 Å².